The van der Waals surface area contributed by atoms with Crippen molar-refractivity contribution in [3.05, 3.63) is 126 Å². The third kappa shape index (κ3) is 9.75. The standard InChI is InChI=1S/C48H59FN2O8/c1-6-8-26-56-47(54)51(31-34-16-18-36(49)19-17-34)44-30-42(50-55-5)40-28-35(13-9-11-23-52)39(14-10-12-24-53)45-41-29-38(58-37-20-15-32(3)33(4)27-37)21-22-43(41)59-48(44,46(40)45)57-25-7-2/h6-7,15-22,27-29,35,39,44-46,52-53H,1-2,8-14,23-26,30-31H2,3-5H3. The fourth-order valence-electron chi connectivity index (χ4n) is 9.14. The maximum absolute atomic E-state index is 14.5. The number of nitrogens with zero attached hydrogens (tertiary/aromatic N) is 2. The highest BCUT2D eigenvalue weighted by atomic mass is 19.1. The summed E-state index contributed by atoms with van der Waals surface area (Å²) in [4.78, 5) is 21.6. The minimum Gasteiger partial charge on any atom is -0.459 e. The highest BCUT2D eigenvalue weighted by Crippen LogP contribution is 2.62. The second-order valence-corrected chi connectivity index (χ2v) is 15.7. The van der Waals surface area contributed by atoms with Crippen molar-refractivity contribution in [3.63, 3.8) is 0 Å². The molecular formula is C48H59FN2O8. The molecule has 1 heterocycles. The highest BCUT2D eigenvalue weighted by molar-refractivity contribution is 6.03. The lowest BCUT2D eigenvalue weighted by Crippen LogP contribution is -2.70. The van der Waals surface area contributed by atoms with E-state index in [1.165, 1.54) is 24.8 Å². The fourth-order valence-corrected chi connectivity index (χ4v) is 9.14. The molecule has 0 aromatic heterocycles. The number of carbonyl (C=O) groups is 1. The molecule has 0 spiro atoms. The summed E-state index contributed by atoms with van der Waals surface area (Å²) < 4.78 is 40.9. The van der Waals surface area contributed by atoms with Crippen LogP contribution in [-0.2, 0) is 20.9 Å². The Morgan fingerprint density at radius 2 is 1.69 bits per heavy atom. The molecule has 316 valence electrons. The number of oxime groups is 1. The average molecular weight is 811 g/mol. The van der Waals surface area contributed by atoms with E-state index in [4.69, 9.17) is 23.8 Å². The van der Waals surface area contributed by atoms with Crippen molar-refractivity contribution in [2.24, 2.45) is 22.9 Å². The zero-order valence-electron chi connectivity index (χ0n) is 34.6. The zero-order valence-corrected chi connectivity index (χ0v) is 34.6. The molecule has 3 aromatic carbocycles. The van der Waals surface area contributed by atoms with Gasteiger partial charge < -0.3 is 34.0 Å². The lowest BCUT2D eigenvalue weighted by molar-refractivity contribution is -0.256. The number of aryl methyl sites for hydroxylation is 2. The smallest absolute Gasteiger partial charge is 0.410 e. The van der Waals surface area contributed by atoms with Gasteiger partial charge in [0.1, 0.15) is 36.2 Å². The molecular weight excluding hydrogens is 752 g/mol. The van der Waals surface area contributed by atoms with Gasteiger partial charge in [0, 0.05) is 37.7 Å². The van der Waals surface area contributed by atoms with E-state index in [0.29, 0.717) is 42.0 Å². The third-order valence-electron chi connectivity index (χ3n) is 12.0. The van der Waals surface area contributed by atoms with Crippen LogP contribution in [0.2, 0.25) is 0 Å². The Balaban J connectivity index is 1.58. The second-order valence-electron chi connectivity index (χ2n) is 15.7. The van der Waals surface area contributed by atoms with E-state index in [2.05, 4.69) is 44.3 Å². The van der Waals surface area contributed by atoms with Crippen molar-refractivity contribution in [1.82, 2.24) is 4.90 Å². The van der Waals surface area contributed by atoms with E-state index >= 15 is 0 Å². The molecule has 6 unspecified atom stereocenters. The molecule has 3 aromatic rings. The van der Waals surface area contributed by atoms with Gasteiger partial charge in [0.25, 0.3) is 0 Å². The summed E-state index contributed by atoms with van der Waals surface area (Å²) >= 11 is 0. The van der Waals surface area contributed by atoms with Gasteiger partial charge in [-0.3, -0.25) is 4.90 Å². The Bertz CT molecular complexity index is 1980. The molecule has 6 rings (SSSR count). The van der Waals surface area contributed by atoms with E-state index in [0.717, 1.165) is 48.1 Å². The molecule has 1 amide bonds. The van der Waals surface area contributed by atoms with Crippen molar-refractivity contribution >= 4 is 11.8 Å². The molecule has 0 radical (unpaired) electrons. The van der Waals surface area contributed by atoms with Crippen LogP contribution in [0.4, 0.5) is 9.18 Å². The topological polar surface area (TPSA) is 119 Å². The monoisotopic (exact) mass is 810 g/mol. The normalized spacial score (nSPS) is 23.6. The van der Waals surface area contributed by atoms with Crippen LogP contribution in [0.25, 0.3) is 0 Å². The maximum Gasteiger partial charge on any atom is 0.410 e. The van der Waals surface area contributed by atoms with E-state index in [-0.39, 0.29) is 63.0 Å². The van der Waals surface area contributed by atoms with Crippen LogP contribution in [0.3, 0.4) is 0 Å². The zero-order chi connectivity index (χ0) is 41.9. The molecule has 10 nitrogen and oxygen atoms in total. The van der Waals surface area contributed by atoms with Crippen molar-refractivity contribution in [3.8, 4) is 17.2 Å². The van der Waals surface area contributed by atoms with Gasteiger partial charge in [-0.2, -0.15) is 0 Å². The number of allylic oxidation sites excluding steroid dienone is 1. The van der Waals surface area contributed by atoms with Crippen molar-refractivity contribution < 1.29 is 43.2 Å². The number of hydrogen-bond acceptors (Lipinski definition) is 9. The summed E-state index contributed by atoms with van der Waals surface area (Å²) in [6, 6.07) is 17.2. The molecule has 0 bridgehead atoms. The van der Waals surface area contributed by atoms with Gasteiger partial charge in [-0.15, -0.1) is 13.2 Å². The average Bonchev–Trinajstić information content (AvgIpc) is 3.23. The van der Waals surface area contributed by atoms with E-state index in [9.17, 15) is 19.4 Å². The maximum atomic E-state index is 14.5. The van der Waals surface area contributed by atoms with Gasteiger partial charge >= 0.3 is 6.09 Å². The molecule has 6 atom stereocenters. The van der Waals surface area contributed by atoms with Crippen LogP contribution >= 0.6 is 0 Å². The first kappa shape index (κ1) is 43.6. The summed E-state index contributed by atoms with van der Waals surface area (Å²) in [5.74, 6) is -0.539. The third-order valence-corrected chi connectivity index (χ3v) is 12.0. The van der Waals surface area contributed by atoms with Gasteiger partial charge in [0.05, 0.1) is 24.8 Å². The first-order valence-corrected chi connectivity index (χ1v) is 20.8. The van der Waals surface area contributed by atoms with Crippen LogP contribution in [0, 0.1) is 37.4 Å². The molecule has 59 heavy (non-hydrogen) atoms. The SMILES string of the molecule is C=CCCOC(=O)N(Cc1ccc(F)cc1)C1CC(=NOC)C2=CC(CCCCO)C(CCCCO)C3c4cc(Oc5ccc(C)c(C)c5)ccc4OC1(OCC=C)C23. The minimum atomic E-state index is -1.48. The highest BCUT2D eigenvalue weighted by Gasteiger charge is 2.65. The molecule has 3 aliphatic rings. The molecule has 0 saturated heterocycles. The van der Waals surface area contributed by atoms with Gasteiger partial charge in [0.2, 0.25) is 5.79 Å². The van der Waals surface area contributed by atoms with Gasteiger partial charge in [-0.25, -0.2) is 9.18 Å². The number of ether oxygens (including phenoxy) is 4. The lowest BCUT2D eigenvalue weighted by atomic mass is 9.55. The molecule has 1 aliphatic heterocycles. The van der Waals surface area contributed by atoms with Gasteiger partial charge in [0.15, 0.2) is 0 Å². The number of aliphatic hydroxyl groups excluding tert-OH is 2. The molecule has 1 fully saturated rings. The molecule has 11 heteroatoms. The summed E-state index contributed by atoms with van der Waals surface area (Å²) in [7, 11) is 1.51. The number of carbonyl (C=O) groups excluding carboxylic acids is 1. The summed E-state index contributed by atoms with van der Waals surface area (Å²) in [5, 5.41) is 24.4. The number of aliphatic hydroxyl groups is 2. The van der Waals surface area contributed by atoms with Gasteiger partial charge in [-0.05, 0) is 123 Å². The van der Waals surface area contributed by atoms with Gasteiger partial charge in [-0.1, -0.05) is 54.4 Å². The summed E-state index contributed by atoms with van der Waals surface area (Å²) in [6.07, 6.45) is 10.2. The van der Waals surface area contributed by atoms with Crippen LogP contribution < -0.4 is 9.47 Å². The van der Waals surface area contributed by atoms with E-state index < -0.39 is 23.8 Å². The molecule has 2 N–H and O–H groups in total. The van der Waals surface area contributed by atoms with Crippen molar-refractivity contribution in [2.75, 3.05) is 33.5 Å². The Hall–Kier alpha value is -4.97. The number of halogens is 1. The first-order chi connectivity index (χ1) is 28.7. The number of rotatable bonds is 20. The number of benzene rings is 3. The van der Waals surface area contributed by atoms with Crippen LogP contribution in [0.1, 0.15) is 79.5 Å². The van der Waals surface area contributed by atoms with Crippen molar-refractivity contribution in [2.45, 2.75) is 89.5 Å². The number of unbranched alkanes of at least 4 members (excludes halogenated alkanes) is 2. The van der Waals surface area contributed by atoms with Crippen LogP contribution in [0.15, 0.2) is 103 Å². The lowest BCUT2D eigenvalue weighted by Gasteiger charge is -2.59. The predicted octanol–water partition coefficient (Wildman–Crippen LogP) is 9.71. The quantitative estimate of drug-likeness (QED) is 0.0658. The number of amides is 1. The Kier molecular flexibility index (Phi) is 15.0. The largest absolute Gasteiger partial charge is 0.459 e. The van der Waals surface area contributed by atoms with E-state index in [1.807, 2.05) is 30.3 Å². The summed E-state index contributed by atoms with van der Waals surface area (Å²) in [5.41, 5.74) is 5.49. The number of fused-ring (bicyclic) bond motifs is 2. The minimum absolute atomic E-state index is 0.0351. The molecule has 2 aliphatic carbocycles. The first-order valence-electron chi connectivity index (χ1n) is 20.8. The van der Waals surface area contributed by atoms with Crippen molar-refractivity contribution in [1.29, 1.82) is 0 Å². The van der Waals surface area contributed by atoms with Crippen LogP contribution in [0.5, 0.6) is 17.2 Å². The number of hydrogen-bond donors (Lipinski definition) is 2. The second kappa shape index (κ2) is 20.3. The Morgan fingerprint density at radius 3 is 2.39 bits per heavy atom. The molecule has 1 saturated carbocycles. The summed E-state index contributed by atoms with van der Waals surface area (Å²) in [6.45, 7) is 12.4. The Labute approximate surface area is 347 Å². The predicted molar refractivity (Wildman–Crippen MR) is 226 cm³/mol. The Morgan fingerprint density at radius 1 is 0.966 bits per heavy atom. The fraction of sp³-hybridized carbons (Fsp3) is 0.458. The van der Waals surface area contributed by atoms with Crippen LogP contribution in [-0.4, -0.2) is 72.3 Å². The van der Waals surface area contributed by atoms with E-state index in [1.54, 1.807) is 29.2 Å².